The monoisotopic (exact) mass is 272 g/mol. The molecule has 0 aliphatic carbocycles. The highest BCUT2D eigenvalue weighted by atomic mass is 16.4. The smallest absolute Gasteiger partial charge is 0.339 e. The molecule has 4 nitrogen and oxygen atoms in total. The van der Waals surface area contributed by atoms with E-state index in [1.807, 2.05) is 31.2 Å². The first-order chi connectivity index (χ1) is 9.56. The van der Waals surface area contributed by atoms with Crippen molar-refractivity contribution in [1.29, 1.82) is 0 Å². The number of nitrogens with zero attached hydrogens (tertiary/aromatic N) is 2. The van der Waals surface area contributed by atoms with Crippen molar-refractivity contribution in [3.05, 3.63) is 41.6 Å². The van der Waals surface area contributed by atoms with Crippen molar-refractivity contribution < 1.29 is 9.90 Å². The number of aryl methyl sites for hydroxylation is 1. The fraction of sp³-hybridized carbons (Fsp3) is 0.375. The largest absolute Gasteiger partial charge is 0.478 e. The molecule has 2 rings (SSSR count). The van der Waals surface area contributed by atoms with Crippen molar-refractivity contribution in [3.63, 3.8) is 0 Å². The molecule has 0 aliphatic rings. The van der Waals surface area contributed by atoms with Crippen molar-refractivity contribution in [2.45, 2.75) is 39.7 Å². The third-order valence-corrected chi connectivity index (χ3v) is 3.60. The molecule has 0 bridgehead atoms. The molecule has 4 heteroatoms. The van der Waals surface area contributed by atoms with Gasteiger partial charge in [0.15, 0.2) is 0 Å². The van der Waals surface area contributed by atoms with Crippen LogP contribution in [-0.2, 0) is 0 Å². The van der Waals surface area contributed by atoms with Crippen molar-refractivity contribution in [2.24, 2.45) is 0 Å². The molecule has 0 fully saturated rings. The Hall–Kier alpha value is -2.10. The Balaban J connectivity index is 2.51. The van der Waals surface area contributed by atoms with Crippen LogP contribution in [0.25, 0.3) is 11.3 Å². The minimum atomic E-state index is -0.933. The van der Waals surface area contributed by atoms with Gasteiger partial charge in [0.1, 0.15) is 11.3 Å². The molecule has 106 valence electrons. The van der Waals surface area contributed by atoms with E-state index in [4.69, 9.17) is 0 Å². The standard InChI is InChI=1S/C16H20N2O2/c1-4-13(5-2)18-10-14(16(19)20)15(17-18)12-8-6-11(3)7-9-12/h6-10,13H,4-5H2,1-3H3,(H,19,20). The number of rotatable bonds is 5. The van der Waals surface area contributed by atoms with Gasteiger partial charge in [-0.25, -0.2) is 4.79 Å². The number of hydrogen-bond acceptors (Lipinski definition) is 2. The van der Waals surface area contributed by atoms with Gasteiger partial charge in [-0.1, -0.05) is 43.7 Å². The second-order valence-corrected chi connectivity index (χ2v) is 5.01. The first-order valence-corrected chi connectivity index (χ1v) is 6.96. The summed E-state index contributed by atoms with van der Waals surface area (Å²) >= 11 is 0. The maximum atomic E-state index is 11.4. The van der Waals surface area contributed by atoms with E-state index in [9.17, 15) is 9.90 Å². The predicted molar refractivity (Wildman–Crippen MR) is 79.0 cm³/mol. The van der Waals surface area contributed by atoms with Crippen LogP contribution in [-0.4, -0.2) is 20.9 Å². The molecular formula is C16H20N2O2. The fourth-order valence-corrected chi connectivity index (χ4v) is 2.32. The number of aromatic carboxylic acids is 1. The number of carboxylic acids is 1. The number of hydrogen-bond donors (Lipinski definition) is 1. The molecule has 0 aliphatic heterocycles. The lowest BCUT2D eigenvalue weighted by Gasteiger charge is -2.12. The van der Waals surface area contributed by atoms with Gasteiger partial charge in [0.25, 0.3) is 0 Å². The fourth-order valence-electron chi connectivity index (χ4n) is 2.32. The van der Waals surface area contributed by atoms with E-state index in [-0.39, 0.29) is 11.6 Å². The lowest BCUT2D eigenvalue weighted by molar-refractivity contribution is 0.0697. The van der Waals surface area contributed by atoms with Gasteiger partial charge in [0.2, 0.25) is 0 Å². The van der Waals surface area contributed by atoms with E-state index < -0.39 is 5.97 Å². The van der Waals surface area contributed by atoms with Crippen molar-refractivity contribution in [2.75, 3.05) is 0 Å². The molecule has 0 spiro atoms. The molecule has 1 N–H and O–H groups in total. The lowest BCUT2D eigenvalue weighted by atomic mass is 10.1. The average molecular weight is 272 g/mol. The molecule has 0 saturated heterocycles. The Morgan fingerprint density at radius 1 is 1.25 bits per heavy atom. The van der Waals surface area contributed by atoms with E-state index in [0.717, 1.165) is 24.0 Å². The minimum absolute atomic E-state index is 0.243. The third kappa shape index (κ3) is 2.74. The summed E-state index contributed by atoms with van der Waals surface area (Å²) in [7, 11) is 0. The highest BCUT2D eigenvalue weighted by molar-refractivity contribution is 5.94. The van der Waals surface area contributed by atoms with Crippen molar-refractivity contribution >= 4 is 5.97 Å². The van der Waals surface area contributed by atoms with E-state index in [1.54, 1.807) is 10.9 Å². The molecule has 0 amide bonds. The minimum Gasteiger partial charge on any atom is -0.478 e. The lowest BCUT2D eigenvalue weighted by Crippen LogP contribution is -2.07. The van der Waals surface area contributed by atoms with Crippen LogP contribution < -0.4 is 0 Å². The van der Waals surface area contributed by atoms with E-state index in [2.05, 4.69) is 18.9 Å². The second kappa shape index (κ2) is 5.90. The molecule has 1 heterocycles. The summed E-state index contributed by atoms with van der Waals surface area (Å²) in [6, 6.07) is 8.02. The summed E-state index contributed by atoms with van der Waals surface area (Å²) < 4.78 is 1.79. The van der Waals surface area contributed by atoms with Crippen LogP contribution in [0.4, 0.5) is 0 Å². The number of aromatic nitrogens is 2. The number of carbonyl (C=O) groups is 1. The van der Waals surface area contributed by atoms with Gasteiger partial charge in [-0.15, -0.1) is 0 Å². The molecule has 0 unspecified atom stereocenters. The maximum Gasteiger partial charge on any atom is 0.339 e. The van der Waals surface area contributed by atoms with Gasteiger partial charge < -0.3 is 5.11 Å². The van der Waals surface area contributed by atoms with Crippen LogP contribution in [0.3, 0.4) is 0 Å². The van der Waals surface area contributed by atoms with Gasteiger partial charge in [-0.05, 0) is 19.8 Å². The summed E-state index contributed by atoms with van der Waals surface area (Å²) in [6.07, 6.45) is 3.52. The zero-order chi connectivity index (χ0) is 14.7. The quantitative estimate of drug-likeness (QED) is 0.897. The predicted octanol–water partition coefficient (Wildman–Crippen LogP) is 3.92. The van der Waals surface area contributed by atoms with E-state index in [0.29, 0.717) is 5.69 Å². The zero-order valence-corrected chi connectivity index (χ0v) is 12.1. The molecule has 0 radical (unpaired) electrons. The summed E-state index contributed by atoms with van der Waals surface area (Å²) in [5.41, 5.74) is 2.80. The SMILES string of the molecule is CCC(CC)n1cc(C(=O)O)c(-c2ccc(C)cc2)n1. The summed E-state index contributed by atoms with van der Waals surface area (Å²) in [6.45, 7) is 6.17. The van der Waals surface area contributed by atoms with Gasteiger partial charge in [-0.3, -0.25) is 4.68 Å². The van der Waals surface area contributed by atoms with Crippen LogP contribution >= 0.6 is 0 Å². The number of carboxylic acid groups (broad SMARTS) is 1. The average Bonchev–Trinajstić information content (AvgIpc) is 2.86. The Morgan fingerprint density at radius 3 is 2.35 bits per heavy atom. The Morgan fingerprint density at radius 2 is 1.85 bits per heavy atom. The summed E-state index contributed by atoms with van der Waals surface area (Å²) in [5, 5.41) is 13.9. The van der Waals surface area contributed by atoms with Crippen LogP contribution in [0, 0.1) is 6.92 Å². The Labute approximate surface area is 119 Å². The summed E-state index contributed by atoms with van der Waals surface area (Å²) in [5.74, 6) is -0.933. The van der Waals surface area contributed by atoms with E-state index >= 15 is 0 Å². The first kappa shape index (κ1) is 14.3. The number of benzene rings is 1. The molecule has 0 atom stereocenters. The molecule has 0 saturated carbocycles. The Kier molecular flexibility index (Phi) is 4.23. The zero-order valence-electron chi connectivity index (χ0n) is 12.1. The first-order valence-electron chi connectivity index (χ1n) is 6.96. The van der Waals surface area contributed by atoms with Gasteiger partial charge in [0.05, 0.1) is 6.04 Å². The highest BCUT2D eigenvalue weighted by Gasteiger charge is 2.19. The van der Waals surface area contributed by atoms with Crippen molar-refractivity contribution in [1.82, 2.24) is 9.78 Å². The van der Waals surface area contributed by atoms with Gasteiger partial charge in [-0.2, -0.15) is 5.10 Å². The van der Waals surface area contributed by atoms with Crippen LogP contribution in [0.2, 0.25) is 0 Å². The highest BCUT2D eigenvalue weighted by Crippen LogP contribution is 2.25. The van der Waals surface area contributed by atoms with Crippen molar-refractivity contribution in [3.8, 4) is 11.3 Å². The maximum absolute atomic E-state index is 11.4. The molecule has 2 aromatic rings. The second-order valence-electron chi connectivity index (χ2n) is 5.01. The molecule has 20 heavy (non-hydrogen) atoms. The van der Waals surface area contributed by atoms with Crippen LogP contribution in [0.5, 0.6) is 0 Å². The normalized spacial score (nSPS) is 11.0. The summed E-state index contributed by atoms with van der Waals surface area (Å²) in [4.78, 5) is 11.4. The van der Waals surface area contributed by atoms with Crippen LogP contribution in [0.15, 0.2) is 30.5 Å². The third-order valence-electron chi connectivity index (χ3n) is 3.60. The Bertz CT molecular complexity index is 595. The van der Waals surface area contributed by atoms with Gasteiger partial charge in [0, 0.05) is 11.8 Å². The van der Waals surface area contributed by atoms with Crippen LogP contribution in [0.1, 0.15) is 48.7 Å². The molecule has 1 aromatic heterocycles. The van der Waals surface area contributed by atoms with E-state index in [1.165, 1.54) is 0 Å². The molecule has 1 aromatic carbocycles. The topological polar surface area (TPSA) is 55.1 Å². The van der Waals surface area contributed by atoms with Gasteiger partial charge >= 0.3 is 5.97 Å². The molecular weight excluding hydrogens is 252 g/mol.